The molecule has 0 saturated carbocycles. The lowest BCUT2D eigenvalue weighted by Gasteiger charge is -2.38. The molecule has 2 saturated heterocycles. The van der Waals surface area contributed by atoms with Gasteiger partial charge in [-0.3, -0.25) is 19.5 Å². The van der Waals surface area contributed by atoms with Crippen LogP contribution in [0.15, 0.2) is 41.1 Å². The first kappa shape index (κ1) is 23.2. The quantitative estimate of drug-likeness (QED) is 0.518. The number of ketones is 1. The molecule has 2 aliphatic rings. The number of nitrogens with zero attached hydrogens (tertiary/aromatic N) is 5. The number of rotatable bonds is 6. The first-order chi connectivity index (χ1) is 14.9. The molecule has 2 aliphatic heterocycles. The Morgan fingerprint density at radius 2 is 1.61 bits per heavy atom. The summed E-state index contributed by atoms with van der Waals surface area (Å²) in [5, 5.41) is 6.85. The monoisotopic (exact) mass is 425 g/mol. The summed E-state index contributed by atoms with van der Waals surface area (Å²) in [5.41, 5.74) is 3.74. The molecule has 3 rings (SSSR count). The molecule has 0 bridgehead atoms. The number of piperazine rings is 1. The summed E-state index contributed by atoms with van der Waals surface area (Å²) in [6.07, 6.45) is 2.96. The third kappa shape index (κ3) is 6.02. The highest BCUT2D eigenvalue weighted by atomic mass is 16.2. The van der Waals surface area contributed by atoms with E-state index in [1.807, 2.05) is 48.0 Å². The molecule has 0 N–H and O–H groups in total. The Labute approximate surface area is 186 Å². The molecule has 0 radical (unpaired) electrons. The van der Waals surface area contributed by atoms with Crippen LogP contribution in [0.25, 0.3) is 0 Å². The van der Waals surface area contributed by atoms with E-state index in [4.69, 9.17) is 5.10 Å². The van der Waals surface area contributed by atoms with E-state index in [0.717, 1.165) is 57.0 Å². The van der Waals surface area contributed by atoms with Crippen molar-refractivity contribution in [1.82, 2.24) is 19.7 Å². The summed E-state index contributed by atoms with van der Waals surface area (Å²) in [5.74, 6) is 0.268. The van der Waals surface area contributed by atoms with Crippen molar-refractivity contribution >= 4 is 17.4 Å². The van der Waals surface area contributed by atoms with Crippen molar-refractivity contribution in [2.45, 2.75) is 34.1 Å². The van der Waals surface area contributed by atoms with Gasteiger partial charge in [-0.1, -0.05) is 37.3 Å². The van der Waals surface area contributed by atoms with Crippen LogP contribution in [-0.2, 0) is 4.79 Å². The third-order valence-electron chi connectivity index (χ3n) is 6.19. The minimum Gasteiger partial charge on any atom is -0.339 e. The molecule has 0 unspecified atom stereocenters. The second kappa shape index (κ2) is 10.7. The zero-order chi connectivity index (χ0) is 22.4. The number of carbonyl (C=O) groups is 2. The van der Waals surface area contributed by atoms with Crippen molar-refractivity contribution < 1.29 is 9.59 Å². The highest BCUT2D eigenvalue weighted by Crippen LogP contribution is 2.19. The molecule has 31 heavy (non-hydrogen) atoms. The number of hydrogen-bond acceptors (Lipinski definition) is 6. The first-order valence-corrected chi connectivity index (χ1v) is 11.2. The molecule has 1 aromatic rings. The molecule has 0 spiro atoms. The maximum atomic E-state index is 12.8. The summed E-state index contributed by atoms with van der Waals surface area (Å²) in [6.45, 7) is 14.2. The molecule has 1 amide bonds. The number of likely N-dealkylation sites (N-methyl/N-ethyl adjacent to an activating group) is 1. The summed E-state index contributed by atoms with van der Waals surface area (Å²) >= 11 is 0. The second-order valence-corrected chi connectivity index (χ2v) is 8.26. The molecule has 2 heterocycles. The number of hydrazone groups is 1. The minimum absolute atomic E-state index is 0.0600. The van der Waals surface area contributed by atoms with Gasteiger partial charge in [0.2, 0.25) is 5.91 Å². The van der Waals surface area contributed by atoms with Crippen LogP contribution in [0.1, 0.15) is 50.0 Å². The van der Waals surface area contributed by atoms with Crippen LogP contribution < -0.4 is 0 Å². The highest BCUT2D eigenvalue weighted by molar-refractivity contribution is 6.00. The first-order valence-electron chi connectivity index (χ1n) is 11.2. The van der Waals surface area contributed by atoms with E-state index in [1.54, 1.807) is 6.92 Å². The standard InChI is InChI=1S/C24H35N5O2/c1-5-23-11-12-27(17-24(31)28-15-13-26(6-2)14-16-28)18-29(23)25-19(3)21-7-9-22(10-8-21)20(4)30/h5,7-10H,6,11-18H2,1-4H3/b23-5?,25-19+. The van der Waals surface area contributed by atoms with Crippen LogP contribution in [-0.4, -0.2) is 89.6 Å². The fourth-order valence-corrected chi connectivity index (χ4v) is 4.06. The predicted octanol–water partition coefficient (Wildman–Crippen LogP) is 2.65. The Morgan fingerprint density at radius 3 is 2.19 bits per heavy atom. The van der Waals surface area contributed by atoms with Crippen molar-refractivity contribution in [3.8, 4) is 0 Å². The Kier molecular flexibility index (Phi) is 7.98. The second-order valence-electron chi connectivity index (χ2n) is 8.26. The lowest BCUT2D eigenvalue weighted by atomic mass is 10.1. The molecular weight excluding hydrogens is 390 g/mol. The zero-order valence-electron chi connectivity index (χ0n) is 19.3. The van der Waals surface area contributed by atoms with Crippen LogP contribution in [0, 0.1) is 0 Å². The van der Waals surface area contributed by atoms with E-state index in [9.17, 15) is 9.59 Å². The molecule has 168 valence electrons. The van der Waals surface area contributed by atoms with Crippen molar-refractivity contribution in [3.05, 3.63) is 47.2 Å². The summed E-state index contributed by atoms with van der Waals surface area (Å²) < 4.78 is 0. The van der Waals surface area contributed by atoms with E-state index < -0.39 is 0 Å². The smallest absolute Gasteiger partial charge is 0.236 e. The molecule has 0 aliphatic carbocycles. The van der Waals surface area contributed by atoms with E-state index in [1.165, 1.54) is 5.70 Å². The lowest BCUT2D eigenvalue weighted by Crippen LogP contribution is -2.52. The number of amides is 1. The minimum atomic E-state index is 0.0600. The van der Waals surface area contributed by atoms with Gasteiger partial charge < -0.3 is 9.80 Å². The Hall–Kier alpha value is -2.51. The molecular formula is C24H35N5O2. The van der Waals surface area contributed by atoms with Crippen LogP contribution >= 0.6 is 0 Å². The average Bonchev–Trinajstić information content (AvgIpc) is 2.79. The van der Waals surface area contributed by atoms with Crippen molar-refractivity contribution in [2.24, 2.45) is 5.10 Å². The van der Waals surface area contributed by atoms with Gasteiger partial charge in [0.1, 0.15) is 0 Å². The Balaban J connectivity index is 1.63. The normalized spacial score (nSPS) is 20.4. The molecule has 7 nitrogen and oxygen atoms in total. The zero-order valence-corrected chi connectivity index (χ0v) is 19.3. The van der Waals surface area contributed by atoms with Gasteiger partial charge in [-0.15, -0.1) is 0 Å². The third-order valence-corrected chi connectivity index (χ3v) is 6.19. The number of benzene rings is 1. The highest BCUT2D eigenvalue weighted by Gasteiger charge is 2.26. The van der Waals surface area contributed by atoms with Gasteiger partial charge >= 0.3 is 0 Å². The molecule has 2 fully saturated rings. The van der Waals surface area contributed by atoms with Gasteiger partial charge in [0.15, 0.2) is 5.78 Å². The van der Waals surface area contributed by atoms with Crippen LogP contribution in [0.5, 0.6) is 0 Å². The van der Waals surface area contributed by atoms with Crippen LogP contribution in [0.2, 0.25) is 0 Å². The molecule has 0 atom stereocenters. The Bertz CT molecular complexity index is 838. The molecule has 0 aromatic heterocycles. The largest absolute Gasteiger partial charge is 0.339 e. The van der Waals surface area contributed by atoms with Crippen molar-refractivity contribution in [2.75, 3.05) is 52.5 Å². The van der Waals surface area contributed by atoms with Crippen molar-refractivity contribution in [1.29, 1.82) is 0 Å². The molecule has 1 aromatic carbocycles. The maximum absolute atomic E-state index is 12.8. The fourth-order valence-electron chi connectivity index (χ4n) is 4.06. The maximum Gasteiger partial charge on any atom is 0.236 e. The van der Waals surface area contributed by atoms with Gasteiger partial charge in [-0.2, -0.15) is 5.10 Å². The van der Waals surface area contributed by atoms with Crippen molar-refractivity contribution in [3.63, 3.8) is 0 Å². The van der Waals surface area contributed by atoms with Gasteiger partial charge in [0, 0.05) is 50.4 Å². The summed E-state index contributed by atoms with van der Waals surface area (Å²) in [6, 6.07) is 7.55. The predicted molar refractivity (Wildman–Crippen MR) is 124 cm³/mol. The SMILES string of the molecule is CC=C1CCN(CC(=O)N2CCN(CC)CC2)CN1/N=C(\C)c1ccc(C(C)=O)cc1. The van der Waals surface area contributed by atoms with E-state index in [-0.39, 0.29) is 11.7 Å². The molecule has 7 heteroatoms. The van der Waals surface area contributed by atoms with Gasteiger partial charge in [-0.05, 0) is 32.9 Å². The number of hydrogen-bond donors (Lipinski definition) is 0. The lowest BCUT2D eigenvalue weighted by molar-refractivity contribution is -0.134. The van der Waals surface area contributed by atoms with Crippen LogP contribution in [0.4, 0.5) is 0 Å². The number of carbonyl (C=O) groups excluding carboxylic acids is 2. The van der Waals surface area contributed by atoms with Gasteiger partial charge in [0.25, 0.3) is 0 Å². The average molecular weight is 426 g/mol. The number of allylic oxidation sites excluding steroid dienone is 1. The van der Waals surface area contributed by atoms with Crippen LogP contribution in [0.3, 0.4) is 0 Å². The summed E-state index contributed by atoms with van der Waals surface area (Å²) in [7, 11) is 0. The Morgan fingerprint density at radius 1 is 0.968 bits per heavy atom. The fraction of sp³-hybridized carbons (Fsp3) is 0.542. The van der Waals surface area contributed by atoms with E-state index in [0.29, 0.717) is 18.8 Å². The van der Waals surface area contributed by atoms with Gasteiger partial charge in [0.05, 0.1) is 18.9 Å². The van der Waals surface area contributed by atoms with E-state index in [2.05, 4.69) is 22.8 Å². The van der Waals surface area contributed by atoms with Gasteiger partial charge in [-0.25, -0.2) is 0 Å². The summed E-state index contributed by atoms with van der Waals surface area (Å²) in [4.78, 5) is 30.9. The topological polar surface area (TPSA) is 59.5 Å². The van der Waals surface area contributed by atoms with E-state index >= 15 is 0 Å². The number of Topliss-reactive ketones (excluding diaryl/α,β-unsaturated/α-hetero) is 1.